The fourth-order valence-corrected chi connectivity index (χ4v) is 4.00. The van der Waals surface area contributed by atoms with E-state index in [1.165, 1.54) is 6.07 Å². The second-order valence-electron chi connectivity index (χ2n) is 7.70. The molecule has 5 rings (SSSR count). The molecule has 3 heterocycles. The van der Waals surface area contributed by atoms with Crippen molar-refractivity contribution in [2.24, 2.45) is 0 Å². The quantitative estimate of drug-likeness (QED) is 0.481. The number of aromatic nitrogens is 2. The molecule has 0 fully saturated rings. The van der Waals surface area contributed by atoms with Crippen LogP contribution in [0.1, 0.15) is 12.1 Å². The molecule has 0 saturated heterocycles. The van der Waals surface area contributed by atoms with Crippen molar-refractivity contribution in [3.8, 4) is 11.5 Å². The van der Waals surface area contributed by atoms with E-state index in [0.717, 1.165) is 53.1 Å². The van der Waals surface area contributed by atoms with Crippen molar-refractivity contribution in [2.75, 3.05) is 19.7 Å². The van der Waals surface area contributed by atoms with Gasteiger partial charge >= 0.3 is 0 Å². The molecule has 0 spiro atoms. The summed E-state index contributed by atoms with van der Waals surface area (Å²) in [5, 5.41) is 5.11. The normalized spacial score (nSPS) is 15.7. The highest BCUT2D eigenvalue weighted by atomic mass is 19.1. The number of fused-ring (bicyclic) bond motifs is 4. The Morgan fingerprint density at radius 2 is 2.07 bits per heavy atom. The Bertz CT molecular complexity index is 1200. The number of nitrogens with zero attached hydrogens (tertiary/aromatic N) is 2. The zero-order valence-corrected chi connectivity index (χ0v) is 16.9. The first kappa shape index (κ1) is 18.9. The maximum absolute atomic E-state index is 13.8. The molecular formula is C24H24FN3O2. The average Bonchev–Trinajstić information content (AvgIpc) is 3.17. The molecule has 0 saturated carbocycles. The van der Waals surface area contributed by atoms with Gasteiger partial charge in [-0.2, -0.15) is 0 Å². The van der Waals surface area contributed by atoms with Crippen molar-refractivity contribution in [1.82, 2.24) is 14.9 Å². The molecule has 154 valence electrons. The number of benzene rings is 2. The number of hydrogen-bond acceptors (Lipinski definition) is 4. The molecule has 1 N–H and O–H groups in total. The fourth-order valence-electron chi connectivity index (χ4n) is 4.00. The molecule has 30 heavy (non-hydrogen) atoms. The summed E-state index contributed by atoms with van der Waals surface area (Å²) in [6, 6.07) is 15.0. The minimum absolute atomic E-state index is 0.0501. The number of rotatable bonds is 6. The summed E-state index contributed by atoms with van der Waals surface area (Å²) in [6.45, 7) is 4.89. The van der Waals surface area contributed by atoms with Crippen LogP contribution in [-0.4, -0.2) is 35.4 Å². The van der Waals surface area contributed by atoms with Gasteiger partial charge in [0.2, 0.25) is 0 Å². The van der Waals surface area contributed by atoms with E-state index in [-0.39, 0.29) is 11.9 Å². The van der Waals surface area contributed by atoms with Crippen molar-refractivity contribution in [2.45, 2.75) is 26.0 Å². The van der Waals surface area contributed by atoms with Gasteiger partial charge in [-0.3, -0.25) is 4.98 Å². The number of hydrogen-bond donors (Lipinski definition) is 1. The summed E-state index contributed by atoms with van der Waals surface area (Å²) in [6.07, 6.45) is 2.84. The maximum Gasteiger partial charge on any atom is 0.171 e. The lowest BCUT2D eigenvalue weighted by atomic mass is 10.1. The van der Waals surface area contributed by atoms with E-state index in [2.05, 4.69) is 14.9 Å². The summed E-state index contributed by atoms with van der Waals surface area (Å²) in [4.78, 5) is 4.57. The summed E-state index contributed by atoms with van der Waals surface area (Å²) in [5.41, 5.74) is 2.84. The maximum atomic E-state index is 13.8. The molecule has 2 aromatic heterocycles. The molecule has 1 atom stereocenters. The SMILES string of the molecule is Cc1ccc2c3c(ccc2n1)OCC(CNCCCn1ccc2c(F)cccc21)O3. The van der Waals surface area contributed by atoms with Crippen LogP contribution in [-0.2, 0) is 6.54 Å². The van der Waals surface area contributed by atoms with Crippen LogP contribution in [0.25, 0.3) is 21.8 Å². The highest BCUT2D eigenvalue weighted by Crippen LogP contribution is 2.38. The molecule has 0 radical (unpaired) electrons. The van der Waals surface area contributed by atoms with Gasteiger partial charge < -0.3 is 19.4 Å². The monoisotopic (exact) mass is 405 g/mol. The van der Waals surface area contributed by atoms with Gasteiger partial charge in [-0.05, 0) is 62.4 Å². The Balaban J connectivity index is 1.16. The summed E-state index contributed by atoms with van der Waals surface area (Å²) in [5.74, 6) is 1.38. The predicted molar refractivity (Wildman–Crippen MR) is 116 cm³/mol. The van der Waals surface area contributed by atoms with Gasteiger partial charge in [-0.1, -0.05) is 6.07 Å². The largest absolute Gasteiger partial charge is 0.486 e. The van der Waals surface area contributed by atoms with Gasteiger partial charge in [0.25, 0.3) is 0 Å². The molecular weight excluding hydrogens is 381 g/mol. The Hall–Kier alpha value is -3.12. The van der Waals surface area contributed by atoms with Gasteiger partial charge in [0.05, 0.1) is 11.0 Å². The second kappa shape index (κ2) is 7.95. The van der Waals surface area contributed by atoms with Crippen LogP contribution in [0.5, 0.6) is 11.5 Å². The summed E-state index contributed by atoms with van der Waals surface area (Å²) in [7, 11) is 0. The molecule has 2 aromatic carbocycles. The lowest BCUT2D eigenvalue weighted by Gasteiger charge is -2.27. The Labute approximate surface area is 174 Å². The van der Waals surface area contributed by atoms with Gasteiger partial charge in [-0.15, -0.1) is 0 Å². The minimum atomic E-state index is -0.169. The predicted octanol–water partition coefficient (Wildman–Crippen LogP) is 4.46. The van der Waals surface area contributed by atoms with Crippen LogP contribution < -0.4 is 14.8 Å². The Morgan fingerprint density at radius 1 is 1.13 bits per heavy atom. The van der Waals surface area contributed by atoms with E-state index in [4.69, 9.17) is 9.47 Å². The van der Waals surface area contributed by atoms with Crippen molar-refractivity contribution in [1.29, 1.82) is 0 Å². The fraction of sp³-hybridized carbons (Fsp3) is 0.292. The molecule has 1 aliphatic rings. The van der Waals surface area contributed by atoms with E-state index >= 15 is 0 Å². The van der Waals surface area contributed by atoms with E-state index in [9.17, 15) is 4.39 Å². The number of halogens is 1. The molecule has 6 heteroatoms. The standard InChI is InChI=1S/C24H24FN3O2/c1-16-6-7-19-21(27-16)8-9-23-24(19)30-17(15-29-23)14-26-11-3-12-28-13-10-18-20(25)4-2-5-22(18)28/h2,4-10,13,17,26H,3,11-12,14-15H2,1H3. The Morgan fingerprint density at radius 3 is 3.00 bits per heavy atom. The van der Waals surface area contributed by atoms with Gasteiger partial charge in [0.1, 0.15) is 18.5 Å². The molecule has 0 bridgehead atoms. The molecule has 4 aromatic rings. The third-order valence-electron chi connectivity index (χ3n) is 5.52. The zero-order valence-electron chi connectivity index (χ0n) is 16.9. The smallest absolute Gasteiger partial charge is 0.171 e. The van der Waals surface area contributed by atoms with Crippen LogP contribution in [0.15, 0.2) is 54.7 Å². The highest BCUT2D eigenvalue weighted by Gasteiger charge is 2.23. The van der Waals surface area contributed by atoms with Crippen LogP contribution in [0.4, 0.5) is 4.39 Å². The van der Waals surface area contributed by atoms with Crippen molar-refractivity contribution in [3.05, 3.63) is 66.2 Å². The van der Waals surface area contributed by atoms with Crippen molar-refractivity contribution < 1.29 is 13.9 Å². The topological polar surface area (TPSA) is 48.3 Å². The molecule has 1 unspecified atom stereocenters. The van der Waals surface area contributed by atoms with E-state index < -0.39 is 0 Å². The van der Waals surface area contributed by atoms with E-state index in [0.29, 0.717) is 18.5 Å². The molecule has 0 aliphatic carbocycles. The third-order valence-corrected chi connectivity index (χ3v) is 5.52. The third kappa shape index (κ3) is 3.59. The molecule has 0 amide bonds. The van der Waals surface area contributed by atoms with E-state index in [1.54, 1.807) is 6.07 Å². The van der Waals surface area contributed by atoms with Crippen molar-refractivity contribution in [3.63, 3.8) is 0 Å². The first-order valence-electron chi connectivity index (χ1n) is 10.3. The van der Waals surface area contributed by atoms with E-state index in [1.807, 2.05) is 49.5 Å². The van der Waals surface area contributed by atoms with Gasteiger partial charge in [0, 0.05) is 35.8 Å². The summed E-state index contributed by atoms with van der Waals surface area (Å²) < 4.78 is 28.1. The molecule has 5 nitrogen and oxygen atoms in total. The zero-order chi connectivity index (χ0) is 20.5. The first-order chi connectivity index (χ1) is 14.7. The van der Waals surface area contributed by atoms with Crippen LogP contribution >= 0.6 is 0 Å². The second-order valence-corrected chi connectivity index (χ2v) is 7.70. The number of ether oxygens (including phenoxy) is 2. The Kier molecular flexibility index (Phi) is 5.01. The summed E-state index contributed by atoms with van der Waals surface area (Å²) >= 11 is 0. The average molecular weight is 405 g/mol. The number of pyridine rings is 1. The lowest BCUT2D eigenvalue weighted by molar-refractivity contribution is 0.0925. The lowest BCUT2D eigenvalue weighted by Crippen LogP contribution is -2.39. The minimum Gasteiger partial charge on any atom is -0.486 e. The van der Waals surface area contributed by atoms with Crippen LogP contribution in [0.3, 0.4) is 0 Å². The van der Waals surface area contributed by atoms with Crippen LogP contribution in [0.2, 0.25) is 0 Å². The van der Waals surface area contributed by atoms with Gasteiger partial charge in [-0.25, -0.2) is 4.39 Å². The first-order valence-corrected chi connectivity index (χ1v) is 10.3. The number of nitrogens with one attached hydrogen (secondary N) is 1. The molecule has 1 aliphatic heterocycles. The van der Waals surface area contributed by atoms with Crippen LogP contribution in [0, 0.1) is 12.7 Å². The highest BCUT2D eigenvalue weighted by molar-refractivity contribution is 5.88. The van der Waals surface area contributed by atoms with Gasteiger partial charge in [0.15, 0.2) is 11.5 Å². The van der Waals surface area contributed by atoms with Crippen molar-refractivity contribution >= 4 is 21.8 Å². The number of aryl methyl sites for hydroxylation is 2.